The van der Waals surface area contributed by atoms with Crippen LogP contribution in [0.1, 0.15) is 18.4 Å². The first-order valence-electron chi connectivity index (χ1n) is 7.46. The lowest BCUT2D eigenvalue weighted by molar-refractivity contribution is -0.142. The van der Waals surface area contributed by atoms with Gasteiger partial charge in [-0.3, -0.25) is 4.79 Å². The molecule has 116 valence electrons. The van der Waals surface area contributed by atoms with Crippen LogP contribution in [0, 0.1) is 0 Å². The quantitative estimate of drug-likeness (QED) is 0.699. The highest BCUT2D eigenvalue weighted by Gasteiger charge is 2.43. The Kier molecular flexibility index (Phi) is 5.62. The molecule has 1 amide bonds. The molecule has 3 rings (SSSR count). The summed E-state index contributed by atoms with van der Waals surface area (Å²) in [6, 6.07) is 10.3. The second-order valence-electron chi connectivity index (χ2n) is 5.60. The minimum Gasteiger partial charge on any atom is -1.00 e. The summed E-state index contributed by atoms with van der Waals surface area (Å²) in [5.74, 6) is 0.286. The summed E-state index contributed by atoms with van der Waals surface area (Å²) in [6.07, 6.45) is 1.76. The van der Waals surface area contributed by atoms with Gasteiger partial charge in [-0.15, -0.1) is 0 Å². The summed E-state index contributed by atoms with van der Waals surface area (Å²) < 4.78 is 5.37. The van der Waals surface area contributed by atoms with Crippen LogP contribution in [0.2, 0.25) is 0 Å². The molecule has 2 saturated heterocycles. The van der Waals surface area contributed by atoms with Crippen LogP contribution in [0.15, 0.2) is 30.3 Å². The molecule has 1 aromatic rings. The predicted octanol–water partition coefficient (Wildman–Crippen LogP) is -1.83. The van der Waals surface area contributed by atoms with Gasteiger partial charge in [-0.1, -0.05) is 30.3 Å². The van der Waals surface area contributed by atoms with Crippen molar-refractivity contribution in [3.05, 3.63) is 35.9 Å². The van der Waals surface area contributed by atoms with Crippen LogP contribution in [0.4, 0.5) is 0 Å². The highest BCUT2D eigenvalue weighted by Crippen LogP contribution is 2.35. The Morgan fingerprint density at radius 3 is 2.33 bits per heavy atom. The molecule has 0 aromatic heterocycles. The Hall–Kier alpha value is -1.10. The number of halogens is 1. The average molecular weight is 310 g/mol. The standard InChI is InChI=1S/C16H22N2O2.ClH/c19-15(18-10-12-20-13-11-18)16(6-8-17-9-7-16)14-4-2-1-3-5-14;/h1-5,17H,6-13H2;1H/p-1. The number of nitrogens with one attached hydrogen (secondary N) is 1. The van der Waals surface area contributed by atoms with E-state index in [2.05, 4.69) is 17.4 Å². The average Bonchev–Trinajstić information content (AvgIpc) is 2.56. The topological polar surface area (TPSA) is 41.6 Å². The lowest BCUT2D eigenvalue weighted by atomic mass is 9.72. The Labute approximate surface area is 132 Å². The van der Waals surface area contributed by atoms with Crippen LogP contribution < -0.4 is 17.7 Å². The molecular formula is C16H22ClN2O2-. The van der Waals surface area contributed by atoms with Gasteiger partial charge < -0.3 is 27.4 Å². The molecule has 1 N–H and O–H groups in total. The van der Waals surface area contributed by atoms with Crippen molar-refractivity contribution in [3.63, 3.8) is 0 Å². The van der Waals surface area contributed by atoms with Crippen molar-refractivity contribution < 1.29 is 21.9 Å². The normalized spacial score (nSPS) is 21.4. The molecule has 4 nitrogen and oxygen atoms in total. The van der Waals surface area contributed by atoms with E-state index >= 15 is 0 Å². The maximum absolute atomic E-state index is 13.1. The molecule has 2 aliphatic rings. The number of rotatable bonds is 2. The van der Waals surface area contributed by atoms with Crippen LogP contribution in [0.5, 0.6) is 0 Å². The van der Waals surface area contributed by atoms with Gasteiger partial charge in [0.25, 0.3) is 0 Å². The minimum atomic E-state index is -0.343. The zero-order valence-corrected chi connectivity index (χ0v) is 12.9. The highest BCUT2D eigenvalue weighted by atomic mass is 35.5. The summed E-state index contributed by atoms with van der Waals surface area (Å²) in [6.45, 7) is 4.58. The Morgan fingerprint density at radius 2 is 1.71 bits per heavy atom. The molecule has 0 radical (unpaired) electrons. The van der Waals surface area contributed by atoms with Gasteiger partial charge in [0, 0.05) is 13.1 Å². The maximum Gasteiger partial charge on any atom is 0.233 e. The Bertz CT molecular complexity index is 455. The first-order chi connectivity index (χ1) is 9.83. The molecule has 0 saturated carbocycles. The molecule has 5 heteroatoms. The minimum absolute atomic E-state index is 0. The predicted molar refractivity (Wildman–Crippen MR) is 77.6 cm³/mol. The summed E-state index contributed by atoms with van der Waals surface area (Å²) in [5.41, 5.74) is 0.821. The molecule has 0 atom stereocenters. The van der Waals surface area contributed by atoms with Crippen molar-refractivity contribution in [2.24, 2.45) is 0 Å². The van der Waals surface area contributed by atoms with Crippen molar-refractivity contribution in [3.8, 4) is 0 Å². The third-order valence-corrected chi connectivity index (χ3v) is 4.49. The number of carbonyl (C=O) groups excluding carboxylic acids is 1. The van der Waals surface area contributed by atoms with Crippen LogP contribution in [-0.4, -0.2) is 50.2 Å². The SMILES string of the molecule is O=C(N1CCOCC1)C1(c2ccccc2)CCNCC1.[Cl-]. The highest BCUT2D eigenvalue weighted by molar-refractivity contribution is 5.88. The smallest absolute Gasteiger partial charge is 0.233 e. The Balaban J connectivity index is 0.00000161. The third-order valence-electron chi connectivity index (χ3n) is 4.49. The van der Waals surface area contributed by atoms with Crippen LogP contribution in [0.3, 0.4) is 0 Å². The van der Waals surface area contributed by atoms with Gasteiger partial charge in [0.05, 0.1) is 18.6 Å². The number of benzene rings is 1. The molecule has 0 aliphatic carbocycles. The number of hydrogen-bond acceptors (Lipinski definition) is 3. The van der Waals surface area contributed by atoms with Crippen molar-refractivity contribution >= 4 is 5.91 Å². The van der Waals surface area contributed by atoms with Crippen molar-refractivity contribution in [1.82, 2.24) is 10.2 Å². The zero-order chi connectivity index (χ0) is 13.8. The van der Waals surface area contributed by atoms with E-state index in [0.29, 0.717) is 13.2 Å². The van der Waals surface area contributed by atoms with Gasteiger partial charge in [0.1, 0.15) is 0 Å². The molecular weight excluding hydrogens is 288 g/mol. The van der Waals surface area contributed by atoms with Gasteiger partial charge in [-0.2, -0.15) is 0 Å². The molecule has 0 unspecified atom stereocenters. The monoisotopic (exact) mass is 309 g/mol. The van der Waals surface area contributed by atoms with Crippen LogP contribution >= 0.6 is 0 Å². The molecule has 2 aliphatic heterocycles. The van der Waals surface area contributed by atoms with Crippen LogP contribution in [0.25, 0.3) is 0 Å². The van der Waals surface area contributed by atoms with Gasteiger partial charge in [0.2, 0.25) is 5.91 Å². The molecule has 2 fully saturated rings. The van der Waals surface area contributed by atoms with E-state index in [1.165, 1.54) is 0 Å². The number of ether oxygens (including phenoxy) is 1. The fourth-order valence-corrected chi connectivity index (χ4v) is 3.31. The lowest BCUT2D eigenvalue weighted by Crippen LogP contribution is -3.00. The van der Waals surface area contributed by atoms with Crippen molar-refractivity contribution in [2.45, 2.75) is 18.3 Å². The van der Waals surface area contributed by atoms with Gasteiger partial charge >= 0.3 is 0 Å². The van der Waals surface area contributed by atoms with E-state index in [1.54, 1.807) is 0 Å². The fourth-order valence-electron chi connectivity index (χ4n) is 3.31. The summed E-state index contributed by atoms with van der Waals surface area (Å²) in [4.78, 5) is 15.1. The number of amides is 1. The van der Waals surface area contributed by atoms with E-state index in [0.717, 1.165) is 44.6 Å². The molecule has 2 heterocycles. The van der Waals surface area contributed by atoms with Gasteiger partial charge in [-0.05, 0) is 31.5 Å². The second-order valence-corrected chi connectivity index (χ2v) is 5.60. The number of carbonyl (C=O) groups is 1. The summed E-state index contributed by atoms with van der Waals surface area (Å²) in [7, 11) is 0. The number of hydrogen-bond donors (Lipinski definition) is 1. The van der Waals surface area contributed by atoms with Crippen LogP contribution in [-0.2, 0) is 14.9 Å². The third kappa shape index (κ3) is 3.23. The number of piperidine rings is 1. The lowest BCUT2D eigenvalue weighted by Gasteiger charge is -2.41. The van der Waals surface area contributed by atoms with Gasteiger partial charge in [-0.25, -0.2) is 0 Å². The molecule has 1 aromatic carbocycles. The number of nitrogens with zero attached hydrogens (tertiary/aromatic N) is 1. The molecule has 21 heavy (non-hydrogen) atoms. The van der Waals surface area contributed by atoms with E-state index in [-0.39, 0.29) is 23.7 Å². The van der Waals surface area contributed by atoms with Crippen molar-refractivity contribution in [2.75, 3.05) is 39.4 Å². The van der Waals surface area contributed by atoms with E-state index in [4.69, 9.17) is 4.74 Å². The van der Waals surface area contributed by atoms with Gasteiger partial charge in [0.15, 0.2) is 0 Å². The number of morpholine rings is 1. The maximum atomic E-state index is 13.1. The first kappa shape index (κ1) is 16.3. The first-order valence-corrected chi connectivity index (χ1v) is 7.46. The van der Waals surface area contributed by atoms with E-state index in [9.17, 15) is 4.79 Å². The molecule has 0 spiro atoms. The Morgan fingerprint density at radius 1 is 1.10 bits per heavy atom. The molecule has 0 bridgehead atoms. The summed E-state index contributed by atoms with van der Waals surface area (Å²) in [5, 5.41) is 3.37. The zero-order valence-electron chi connectivity index (χ0n) is 12.2. The second kappa shape index (κ2) is 7.25. The van der Waals surface area contributed by atoms with Crippen molar-refractivity contribution in [1.29, 1.82) is 0 Å². The van der Waals surface area contributed by atoms with E-state index in [1.807, 2.05) is 23.1 Å². The summed E-state index contributed by atoms with van der Waals surface area (Å²) >= 11 is 0. The fraction of sp³-hybridized carbons (Fsp3) is 0.562. The van der Waals surface area contributed by atoms with E-state index < -0.39 is 0 Å². The largest absolute Gasteiger partial charge is 1.00 e.